The third kappa shape index (κ3) is 4.23. The van der Waals surface area contributed by atoms with E-state index in [1.807, 2.05) is 0 Å². The standard InChI is InChI=1S/C13H11Cl2FN2O2S/c14-11-5-9(16)6-12(15)13(11)18-21(19,20)7-8-1-3-10(17)4-2-8/h1-6,18H,7,17H2. The van der Waals surface area contributed by atoms with Crippen molar-refractivity contribution in [2.45, 2.75) is 5.75 Å². The maximum atomic E-state index is 13.1. The molecule has 0 aliphatic rings. The molecule has 0 atom stereocenters. The highest BCUT2D eigenvalue weighted by Crippen LogP contribution is 2.32. The highest BCUT2D eigenvalue weighted by Gasteiger charge is 2.17. The second-order valence-corrected chi connectivity index (χ2v) is 6.88. The predicted octanol–water partition coefficient (Wildman–Crippen LogP) is 3.66. The van der Waals surface area contributed by atoms with Crippen molar-refractivity contribution in [2.75, 3.05) is 10.5 Å². The molecule has 2 aromatic rings. The predicted molar refractivity (Wildman–Crippen MR) is 83.5 cm³/mol. The molecule has 0 aliphatic heterocycles. The number of nitrogens with one attached hydrogen (secondary N) is 1. The van der Waals surface area contributed by atoms with Crippen LogP contribution in [-0.2, 0) is 15.8 Å². The topological polar surface area (TPSA) is 72.2 Å². The first kappa shape index (κ1) is 15.9. The molecule has 0 heterocycles. The minimum absolute atomic E-state index is 0.0461. The molecule has 21 heavy (non-hydrogen) atoms. The van der Waals surface area contributed by atoms with Crippen LogP contribution in [-0.4, -0.2) is 8.42 Å². The lowest BCUT2D eigenvalue weighted by Gasteiger charge is -2.11. The first-order valence-electron chi connectivity index (χ1n) is 5.76. The molecule has 0 aromatic heterocycles. The summed E-state index contributed by atoms with van der Waals surface area (Å²) < 4.78 is 39.5. The van der Waals surface area contributed by atoms with E-state index in [0.29, 0.717) is 11.3 Å². The van der Waals surface area contributed by atoms with Gasteiger partial charge in [-0.25, -0.2) is 12.8 Å². The number of nitrogen functional groups attached to an aromatic ring is 1. The van der Waals surface area contributed by atoms with Gasteiger partial charge in [0.2, 0.25) is 10.0 Å². The third-order valence-corrected chi connectivity index (χ3v) is 4.43. The van der Waals surface area contributed by atoms with E-state index in [0.717, 1.165) is 12.1 Å². The van der Waals surface area contributed by atoms with Crippen LogP contribution in [0.1, 0.15) is 5.56 Å². The minimum Gasteiger partial charge on any atom is -0.399 e. The van der Waals surface area contributed by atoms with E-state index in [1.165, 1.54) is 0 Å². The quantitative estimate of drug-likeness (QED) is 0.828. The summed E-state index contributed by atoms with van der Waals surface area (Å²) in [5.41, 5.74) is 6.57. The first-order valence-corrected chi connectivity index (χ1v) is 8.17. The summed E-state index contributed by atoms with van der Waals surface area (Å²) >= 11 is 11.6. The van der Waals surface area contributed by atoms with Crippen molar-refractivity contribution >= 4 is 44.6 Å². The molecule has 0 aliphatic carbocycles. The highest BCUT2D eigenvalue weighted by molar-refractivity contribution is 7.91. The molecular formula is C13H11Cl2FN2O2S. The van der Waals surface area contributed by atoms with Gasteiger partial charge in [-0.2, -0.15) is 0 Å². The molecule has 0 saturated carbocycles. The average molecular weight is 349 g/mol. The van der Waals surface area contributed by atoms with E-state index >= 15 is 0 Å². The molecule has 0 fully saturated rings. The van der Waals surface area contributed by atoms with Crippen LogP contribution in [0.5, 0.6) is 0 Å². The molecular weight excluding hydrogens is 338 g/mol. The van der Waals surface area contributed by atoms with E-state index in [4.69, 9.17) is 28.9 Å². The smallest absolute Gasteiger partial charge is 0.237 e. The van der Waals surface area contributed by atoms with E-state index in [-0.39, 0.29) is 21.5 Å². The van der Waals surface area contributed by atoms with Crippen LogP contribution < -0.4 is 10.5 Å². The van der Waals surface area contributed by atoms with Crippen molar-refractivity contribution in [3.05, 3.63) is 57.8 Å². The summed E-state index contributed by atoms with van der Waals surface area (Å²) in [6, 6.07) is 8.36. The molecule has 8 heteroatoms. The number of anilines is 2. The van der Waals surface area contributed by atoms with Crippen LogP contribution in [0.25, 0.3) is 0 Å². The Morgan fingerprint density at radius 3 is 2.14 bits per heavy atom. The van der Waals surface area contributed by atoms with Gasteiger partial charge >= 0.3 is 0 Å². The van der Waals surface area contributed by atoms with Gasteiger partial charge in [0.1, 0.15) is 5.82 Å². The molecule has 0 unspecified atom stereocenters. The van der Waals surface area contributed by atoms with Gasteiger partial charge in [0, 0.05) is 5.69 Å². The van der Waals surface area contributed by atoms with Gasteiger partial charge in [0.05, 0.1) is 21.5 Å². The summed E-state index contributed by atoms with van der Waals surface area (Å²) in [4.78, 5) is 0. The van der Waals surface area contributed by atoms with E-state index in [1.54, 1.807) is 24.3 Å². The Kier molecular flexibility index (Phi) is 4.61. The van der Waals surface area contributed by atoms with Crippen LogP contribution in [0.15, 0.2) is 36.4 Å². The van der Waals surface area contributed by atoms with Gasteiger partial charge < -0.3 is 5.73 Å². The Labute approximate surface area is 131 Å². The fraction of sp³-hybridized carbons (Fsp3) is 0.0769. The van der Waals surface area contributed by atoms with Crippen LogP contribution in [0, 0.1) is 5.82 Å². The second kappa shape index (κ2) is 6.09. The molecule has 2 aromatic carbocycles. The van der Waals surface area contributed by atoms with Crippen molar-refractivity contribution in [3.63, 3.8) is 0 Å². The highest BCUT2D eigenvalue weighted by atomic mass is 35.5. The van der Waals surface area contributed by atoms with Gasteiger partial charge in [-0.05, 0) is 29.8 Å². The Morgan fingerprint density at radius 1 is 1.10 bits per heavy atom. The van der Waals surface area contributed by atoms with Crippen molar-refractivity contribution < 1.29 is 12.8 Å². The Hall–Kier alpha value is -1.50. The van der Waals surface area contributed by atoms with Gasteiger partial charge in [-0.15, -0.1) is 0 Å². The SMILES string of the molecule is Nc1ccc(CS(=O)(=O)Nc2c(Cl)cc(F)cc2Cl)cc1. The Morgan fingerprint density at radius 2 is 1.62 bits per heavy atom. The number of hydrogen-bond donors (Lipinski definition) is 2. The van der Waals surface area contributed by atoms with Crippen LogP contribution in [0.4, 0.5) is 15.8 Å². The summed E-state index contributed by atoms with van der Waals surface area (Å²) in [6.07, 6.45) is 0. The molecule has 3 N–H and O–H groups in total. The molecule has 2 rings (SSSR count). The minimum atomic E-state index is -3.74. The number of hydrogen-bond acceptors (Lipinski definition) is 3. The molecule has 0 radical (unpaired) electrons. The largest absolute Gasteiger partial charge is 0.399 e. The Balaban J connectivity index is 2.24. The number of sulfonamides is 1. The van der Waals surface area contributed by atoms with Crippen molar-refractivity contribution in [1.82, 2.24) is 0 Å². The molecule has 0 bridgehead atoms. The summed E-state index contributed by atoms with van der Waals surface area (Å²) in [7, 11) is -3.74. The van der Waals surface area contributed by atoms with Gasteiger partial charge in [-0.1, -0.05) is 35.3 Å². The summed E-state index contributed by atoms with van der Waals surface area (Å²) in [6.45, 7) is 0. The van der Waals surface area contributed by atoms with E-state index in [9.17, 15) is 12.8 Å². The van der Waals surface area contributed by atoms with Gasteiger partial charge in [-0.3, -0.25) is 4.72 Å². The van der Waals surface area contributed by atoms with Crippen molar-refractivity contribution in [2.24, 2.45) is 0 Å². The fourth-order valence-corrected chi connectivity index (χ4v) is 3.57. The lowest BCUT2D eigenvalue weighted by atomic mass is 10.2. The van der Waals surface area contributed by atoms with Gasteiger partial charge in [0.25, 0.3) is 0 Å². The summed E-state index contributed by atoms with van der Waals surface area (Å²) in [5, 5.41) is -0.221. The lowest BCUT2D eigenvalue weighted by Crippen LogP contribution is -2.15. The molecule has 0 amide bonds. The van der Waals surface area contributed by atoms with Crippen LogP contribution >= 0.6 is 23.2 Å². The number of halogens is 3. The van der Waals surface area contributed by atoms with Crippen LogP contribution in [0.3, 0.4) is 0 Å². The first-order chi connectivity index (χ1) is 9.77. The van der Waals surface area contributed by atoms with E-state index in [2.05, 4.69) is 4.72 Å². The number of benzene rings is 2. The molecule has 0 spiro atoms. The van der Waals surface area contributed by atoms with E-state index < -0.39 is 15.8 Å². The Bertz CT molecular complexity index is 741. The normalized spacial score (nSPS) is 11.4. The number of nitrogens with two attached hydrogens (primary N) is 1. The fourth-order valence-electron chi connectivity index (χ4n) is 1.66. The zero-order chi connectivity index (χ0) is 15.6. The zero-order valence-electron chi connectivity index (χ0n) is 10.6. The summed E-state index contributed by atoms with van der Waals surface area (Å²) in [5.74, 6) is -0.927. The zero-order valence-corrected chi connectivity index (χ0v) is 12.9. The maximum absolute atomic E-state index is 13.1. The third-order valence-electron chi connectivity index (χ3n) is 2.60. The van der Waals surface area contributed by atoms with Crippen LogP contribution in [0.2, 0.25) is 10.0 Å². The molecule has 0 saturated heterocycles. The average Bonchev–Trinajstić information content (AvgIpc) is 2.36. The van der Waals surface area contributed by atoms with Gasteiger partial charge in [0.15, 0.2) is 0 Å². The van der Waals surface area contributed by atoms with Crippen molar-refractivity contribution in [3.8, 4) is 0 Å². The maximum Gasteiger partial charge on any atom is 0.237 e. The monoisotopic (exact) mass is 348 g/mol. The molecule has 112 valence electrons. The number of rotatable bonds is 4. The lowest BCUT2D eigenvalue weighted by molar-refractivity contribution is 0.600. The van der Waals surface area contributed by atoms with Crippen molar-refractivity contribution in [1.29, 1.82) is 0 Å². The second-order valence-electron chi connectivity index (χ2n) is 4.35. The molecule has 4 nitrogen and oxygen atoms in total.